The van der Waals surface area contributed by atoms with E-state index < -0.39 is 24.1 Å². The maximum atomic E-state index is 12.5. The molecule has 2 aliphatic carbocycles. The van der Waals surface area contributed by atoms with Crippen molar-refractivity contribution in [1.29, 1.82) is 0 Å². The molecule has 144 valence electrons. The lowest BCUT2D eigenvalue weighted by Gasteiger charge is -2.33. The van der Waals surface area contributed by atoms with Crippen LogP contribution in [0.25, 0.3) is 0 Å². The summed E-state index contributed by atoms with van der Waals surface area (Å²) in [5, 5.41) is 3.81. The van der Waals surface area contributed by atoms with Crippen molar-refractivity contribution in [2.45, 2.75) is 52.9 Å². The second-order valence-corrected chi connectivity index (χ2v) is 8.52. The maximum absolute atomic E-state index is 12.5. The number of carbonyl (C=O) groups is 3. The van der Waals surface area contributed by atoms with Crippen molar-refractivity contribution in [2.24, 2.45) is 10.8 Å². The fourth-order valence-electron chi connectivity index (χ4n) is 2.73. The minimum absolute atomic E-state index is 0.0566. The molecule has 3 amide bonds. The molecule has 9 heteroatoms. The molecular formula is C17H26N4O3S2. The highest BCUT2D eigenvalue weighted by Gasteiger charge is 2.46. The van der Waals surface area contributed by atoms with Gasteiger partial charge in [0.05, 0.1) is 0 Å². The van der Waals surface area contributed by atoms with Crippen molar-refractivity contribution in [2.75, 3.05) is 14.1 Å². The van der Waals surface area contributed by atoms with Crippen LogP contribution in [0.3, 0.4) is 0 Å². The summed E-state index contributed by atoms with van der Waals surface area (Å²) in [6, 6.07) is 0. The zero-order valence-corrected chi connectivity index (χ0v) is 17.6. The van der Waals surface area contributed by atoms with Crippen LogP contribution < -0.4 is 5.43 Å². The highest BCUT2D eigenvalue weighted by molar-refractivity contribution is 7.80. The minimum Gasteiger partial charge on any atom is -0.281 e. The Bertz CT molecular complexity index is 671. The zero-order valence-electron chi connectivity index (χ0n) is 15.9. The van der Waals surface area contributed by atoms with E-state index in [4.69, 9.17) is 24.4 Å². The van der Waals surface area contributed by atoms with Gasteiger partial charge in [0.1, 0.15) is 16.4 Å². The van der Waals surface area contributed by atoms with Crippen molar-refractivity contribution in [3.05, 3.63) is 0 Å². The first-order valence-corrected chi connectivity index (χ1v) is 9.42. The van der Waals surface area contributed by atoms with E-state index in [-0.39, 0.29) is 10.8 Å². The van der Waals surface area contributed by atoms with Gasteiger partial charge in [-0.2, -0.15) is 5.01 Å². The molecule has 2 rings (SSSR count). The summed E-state index contributed by atoms with van der Waals surface area (Å²) in [5.41, 5.74) is 2.39. The number of amides is 3. The molecule has 0 saturated heterocycles. The van der Waals surface area contributed by atoms with Gasteiger partial charge in [0.2, 0.25) is 11.8 Å². The Hall–Kier alpha value is -1.61. The minimum atomic E-state index is -0.624. The van der Waals surface area contributed by atoms with Crippen LogP contribution in [0.5, 0.6) is 0 Å². The van der Waals surface area contributed by atoms with Crippen molar-refractivity contribution in [3.8, 4) is 0 Å². The van der Waals surface area contributed by atoms with Crippen LogP contribution in [0.2, 0.25) is 0 Å². The normalized spacial score (nSPS) is 18.3. The molecule has 0 aliphatic heterocycles. The lowest BCUT2D eigenvalue weighted by atomic mass is 10.1. The van der Waals surface area contributed by atoms with E-state index >= 15 is 0 Å². The Balaban J connectivity index is 1.96. The SMILES string of the molecule is CC(=O)N(C(=O)CC(=O)NN(C)C(=S)C1(C)CC1)N(C)C(=S)C1(C)CC1. The average Bonchev–Trinajstić information content (AvgIpc) is 3.45. The molecule has 7 nitrogen and oxygen atoms in total. The van der Waals surface area contributed by atoms with Crippen LogP contribution in [-0.2, 0) is 14.4 Å². The summed E-state index contributed by atoms with van der Waals surface area (Å²) >= 11 is 10.8. The number of thiocarbonyl (C=S) groups is 2. The second kappa shape index (κ2) is 7.19. The first kappa shape index (κ1) is 20.7. The molecule has 0 aromatic carbocycles. The first-order chi connectivity index (χ1) is 11.9. The Morgan fingerprint density at radius 1 is 0.962 bits per heavy atom. The first-order valence-electron chi connectivity index (χ1n) is 8.60. The molecule has 0 spiro atoms. The molecule has 0 unspecified atom stereocenters. The fourth-order valence-corrected chi connectivity index (χ4v) is 3.27. The average molecular weight is 399 g/mol. The predicted molar refractivity (Wildman–Crippen MR) is 106 cm³/mol. The fraction of sp³-hybridized carbons (Fsp3) is 0.706. The monoisotopic (exact) mass is 398 g/mol. The van der Waals surface area contributed by atoms with E-state index in [0.29, 0.717) is 9.98 Å². The standard InChI is InChI=1S/C17H26N4O3S2/c1-11(22)21(20(5)15(26)17(3)8-9-17)13(24)10-12(23)18-19(4)14(25)16(2)6-7-16/h6-10H2,1-5H3,(H,18,23). The van der Waals surface area contributed by atoms with Gasteiger partial charge in [-0.3, -0.25) is 29.8 Å². The molecule has 0 aromatic rings. The van der Waals surface area contributed by atoms with E-state index in [1.54, 1.807) is 14.1 Å². The van der Waals surface area contributed by atoms with Gasteiger partial charge in [-0.05, 0) is 25.7 Å². The third-order valence-electron chi connectivity index (χ3n) is 5.07. The Labute approximate surface area is 165 Å². The summed E-state index contributed by atoms with van der Waals surface area (Å²) < 4.78 is 0. The van der Waals surface area contributed by atoms with Crippen LogP contribution in [0.15, 0.2) is 0 Å². The predicted octanol–water partition coefficient (Wildman–Crippen LogP) is 1.82. The second-order valence-electron chi connectivity index (χ2n) is 7.75. The number of imide groups is 1. The Kier molecular flexibility index (Phi) is 5.72. The van der Waals surface area contributed by atoms with E-state index in [9.17, 15) is 14.4 Å². The van der Waals surface area contributed by atoms with E-state index in [1.165, 1.54) is 16.9 Å². The number of nitrogens with zero attached hydrogens (tertiary/aromatic N) is 3. The molecule has 0 heterocycles. The molecule has 2 fully saturated rings. The number of rotatable bonds is 4. The van der Waals surface area contributed by atoms with E-state index in [2.05, 4.69) is 5.43 Å². The lowest BCUT2D eigenvalue weighted by molar-refractivity contribution is -0.156. The molecular weight excluding hydrogens is 372 g/mol. The highest BCUT2D eigenvalue weighted by Crippen LogP contribution is 2.47. The van der Waals surface area contributed by atoms with Gasteiger partial charge in [-0.1, -0.05) is 38.3 Å². The van der Waals surface area contributed by atoms with E-state index in [0.717, 1.165) is 30.7 Å². The molecule has 0 radical (unpaired) electrons. The van der Waals surface area contributed by atoms with Crippen molar-refractivity contribution in [1.82, 2.24) is 20.5 Å². The van der Waals surface area contributed by atoms with Crippen molar-refractivity contribution < 1.29 is 14.4 Å². The van der Waals surface area contributed by atoms with Crippen LogP contribution in [0.1, 0.15) is 52.9 Å². The molecule has 1 N–H and O–H groups in total. The third kappa shape index (κ3) is 4.37. The summed E-state index contributed by atoms with van der Waals surface area (Å²) in [7, 11) is 3.24. The molecule has 2 aliphatic rings. The largest absolute Gasteiger partial charge is 0.281 e. The zero-order chi connectivity index (χ0) is 19.9. The Morgan fingerprint density at radius 2 is 1.42 bits per heavy atom. The van der Waals surface area contributed by atoms with E-state index in [1.807, 2.05) is 13.8 Å². The van der Waals surface area contributed by atoms with Gasteiger partial charge in [0.15, 0.2) is 0 Å². The number of hydrogen-bond donors (Lipinski definition) is 1. The quantitative estimate of drug-likeness (QED) is 0.440. The van der Waals surface area contributed by atoms with Gasteiger partial charge in [-0.25, -0.2) is 0 Å². The smallest absolute Gasteiger partial charge is 0.257 e. The highest BCUT2D eigenvalue weighted by atomic mass is 32.1. The van der Waals surface area contributed by atoms with Crippen molar-refractivity contribution >= 4 is 52.1 Å². The number of hydrogen-bond acceptors (Lipinski definition) is 5. The summed E-state index contributed by atoms with van der Waals surface area (Å²) in [5.74, 6) is -1.63. The van der Waals surface area contributed by atoms with Crippen molar-refractivity contribution in [3.63, 3.8) is 0 Å². The summed E-state index contributed by atoms with van der Waals surface area (Å²) in [6.07, 6.45) is 3.37. The molecule has 0 aromatic heterocycles. The van der Waals surface area contributed by atoms with Gasteiger partial charge < -0.3 is 0 Å². The third-order valence-corrected chi connectivity index (χ3v) is 6.59. The van der Waals surface area contributed by atoms with Gasteiger partial charge in [0.25, 0.3) is 5.91 Å². The topological polar surface area (TPSA) is 73.0 Å². The van der Waals surface area contributed by atoms with Crippen LogP contribution >= 0.6 is 24.4 Å². The summed E-state index contributed by atoms with van der Waals surface area (Å²) in [4.78, 5) is 37.9. The molecule has 26 heavy (non-hydrogen) atoms. The molecule has 2 saturated carbocycles. The Morgan fingerprint density at radius 3 is 1.85 bits per heavy atom. The summed E-state index contributed by atoms with van der Waals surface area (Å²) in [6.45, 7) is 5.31. The van der Waals surface area contributed by atoms with Crippen LogP contribution in [0, 0.1) is 10.8 Å². The van der Waals surface area contributed by atoms with Crippen LogP contribution in [-0.4, -0.2) is 56.8 Å². The van der Waals surface area contributed by atoms with Gasteiger partial charge in [0, 0.05) is 31.8 Å². The number of carbonyl (C=O) groups excluding carboxylic acids is 3. The number of hydrazine groups is 2. The number of nitrogens with one attached hydrogen (secondary N) is 1. The molecule has 0 bridgehead atoms. The van der Waals surface area contributed by atoms with Gasteiger partial charge >= 0.3 is 0 Å². The van der Waals surface area contributed by atoms with Crippen LogP contribution in [0.4, 0.5) is 0 Å². The van der Waals surface area contributed by atoms with Gasteiger partial charge in [-0.15, -0.1) is 0 Å². The lowest BCUT2D eigenvalue weighted by Crippen LogP contribution is -2.53. The molecule has 0 atom stereocenters. The maximum Gasteiger partial charge on any atom is 0.257 e.